The number of hydrogen-bond donors (Lipinski definition) is 0. The molecule has 0 N–H and O–H groups in total. The third kappa shape index (κ3) is 3.93. The van der Waals surface area contributed by atoms with Crippen LogP contribution in [0.15, 0.2) is 146 Å². The molecule has 46 heavy (non-hydrogen) atoms. The van der Waals surface area contributed by atoms with Crippen LogP contribution in [0.4, 0.5) is 0 Å². The van der Waals surface area contributed by atoms with E-state index in [1.54, 1.807) is 0 Å². The molecule has 0 saturated heterocycles. The summed E-state index contributed by atoms with van der Waals surface area (Å²) in [5.41, 5.74) is 18.6. The third-order valence-electron chi connectivity index (χ3n) is 10.9. The van der Waals surface area contributed by atoms with Crippen LogP contribution in [0.1, 0.15) is 49.9 Å². The van der Waals surface area contributed by atoms with E-state index in [2.05, 4.69) is 173 Å². The van der Waals surface area contributed by atoms with Gasteiger partial charge in [-0.2, -0.15) is 0 Å². The molecule has 0 radical (unpaired) electrons. The summed E-state index contributed by atoms with van der Waals surface area (Å²) in [4.78, 5) is 0. The van der Waals surface area contributed by atoms with E-state index in [1.807, 2.05) is 0 Å². The van der Waals surface area contributed by atoms with Crippen LogP contribution in [0, 0.1) is 0 Å². The summed E-state index contributed by atoms with van der Waals surface area (Å²) in [6, 6.07) is 54.5. The molecule has 2 aliphatic rings. The van der Waals surface area contributed by atoms with Crippen molar-refractivity contribution in [2.75, 3.05) is 0 Å². The van der Waals surface area contributed by atoms with E-state index in [4.69, 9.17) is 0 Å². The maximum Gasteiger partial charge on any atom is 0.0159 e. The Labute approximate surface area is 272 Å². The van der Waals surface area contributed by atoms with E-state index in [1.165, 1.54) is 88.7 Å². The van der Waals surface area contributed by atoms with Crippen LogP contribution < -0.4 is 0 Å². The molecule has 0 bridgehead atoms. The lowest BCUT2D eigenvalue weighted by molar-refractivity contribution is 0.660. The van der Waals surface area contributed by atoms with Crippen molar-refractivity contribution in [3.8, 4) is 55.6 Å². The summed E-state index contributed by atoms with van der Waals surface area (Å²) < 4.78 is 0. The van der Waals surface area contributed by atoms with E-state index >= 15 is 0 Å². The maximum absolute atomic E-state index is 2.45. The largest absolute Gasteiger partial charge is 0.0622 e. The average Bonchev–Trinajstić information content (AvgIpc) is 3.46. The van der Waals surface area contributed by atoms with Crippen molar-refractivity contribution >= 4 is 10.8 Å². The second-order valence-corrected chi connectivity index (χ2v) is 14.2. The molecule has 0 saturated carbocycles. The molecule has 0 unspecified atom stereocenters. The number of rotatable bonds is 3. The van der Waals surface area contributed by atoms with Gasteiger partial charge >= 0.3 is 0 Å². The van der Waals surface area contributed by atoms with Gasteiger partial charge in [-0.15, -0.1) is 0 Å². The topological polar surface area (TPSA) is 0 Å². The van der Waals surface area contributed by atoms with Crippen molar-refractivity contribution < 1.29 is 0 Å². The summed E-state index contributed by atoms with van der Waals surface area (Å²) in [5.74, 6) is 0. The van der Waals surface area contributed by atoms with Gasteiger partial charge in [-0.25, -0.2) is 0 Å². The fraction of sp³-hybridized carbons (Fsp3) is 0.130. The monoisotopic (exact) mass is 588 g/mol. The van der Waals surface area contributed by atoms with Gasteiger partial charge < -0.3 is 0 Å². The molecule has 0 heterocycles. The molecule has 9 rings (SSSR count). The van der Waals surface area contributed by atoms with Crippen molar-refractivity contribution in [1.29, 1.82) is 0 Å². The molecule has 7 aromatic rings. The first kappa shape index (κ1) is 27.1. The molecular formula is C46H36. The lowest BCUT2D eigenvalue weighted by atomic mass is 9.79. The highest BCUT2D eigenvalue weighted by molar-refractivity contribution is 5.91. The Kier molecular flexibility index (Phi) is 5.69. The van der Waals surface area contributed by atoms with Gasteiger partial charge in [-0.1, -0.05) is 143 Å². The van der Waals surface area contributed by atoms with Gasteiger partial charge in [-0.05, 0) is 119 Å². The van der Waals surface area contributed by atoms with Gasteiger partial charge in [0.1, 0.15) is 0 Å². The minimum Gasteiger partial charge on any atom is -0.0622 e. The zero-order chi connectivity index (χ0) is 31.2. The molecule has 0 fully saturated rings. The standard InChI is InChI=1S/C46H36/c1-45(2)41-25-33(29-10-6-5-7-11-29)16-20-37(41)39-22-18-35(27-43(39)45)36-19-23-40-38-21-17-34(26-42(38)46(3,4)44(40)28-36)32-15-14-30-12-8-9-13-31(30)24-32/h5-28H,1-4H3. The van der Waals surface area contributed by atoms with Gasteiger partial charge in [0.25, 0.3) is 0 Å². The normalized spacial score (nSPS) is 14.9. The van der Waals surface area contributed by atoms with Crippen LogP contribution in [0.2, 0.25) is 0 Å². The molecule has 0 nitrogen and oxygen atoms in total. The molecule has 2 aliphatic carbocycles. The SMILES string of the molecule is CC1(C)c2cc(-c3ccccc3)ccc2-c2ccc(-c3ccc4c(c3)C(C)(C)c3cc(-c5ccc6ccccc6c5)ccc3-4)cc21. The fourth-order valence-corrected chi connectivity index (χ4v) is 8.19. The quantitative estimate of drug-likeness (QED) is 0.193. The van der Waals surface area contributed by atoms with Crippen molar-refractivity contribution in [3.63, 3.8) is 0 Å². The zero-order valence-corrected chi connectivity index (χ0v) is 26.9. The Hall–Kier alpha value is -5.20. The second kappa shape index (κ2) is 9.65. The minimum absolute atomic E-state index is 0.0726. The van der Waals surface area contributed by atoms with Crippen LogP contribution in [-0.2, 0) is 10.8 Å². The number of fused-ring (bicyclic) bond motifs is 7. The zero-order valence-electron chi connectivity index (χ0n) is 26.9. The Morgan fingerprint density at radius 3 is 1.09 bits per heavy atom. The third-order valence-corrected chi connectivity index (χ3v) is 10.9. The molecule has 0 amide bonds. The summed E-state index contributed by atoms with van der Waals surface area (Å²) in [6.07, 6.45) is 0. The molecule has 220 valence electrons. The first-order valence-electron chi connectivity index (χ1n) is 16.4. The lowest BCUT2D eigenvalue weighted by Crippen LogP contribution is -2.15. The highest BCUT2D eigenvalue weighted by Crippen LogP contribution is 2.53. The predicted octanol–water partition coefficient (Wildman–Crippen LogP) is 12.5. The van der Waals surface area contributed by atoms with Crippen LogP contribution in [0.5, 0.6) is 0 Å². The van der Waals surface area contributed by atoms with Crippen LogP contribution in [-0.4, -0.2) is 0 Å². The summed E-state index contributed by atoms with van der Waals surface area (Å²) >= 11 is 0. The molecule has 0 aromatic heterocycles. The Morgan fingerprint density at radius 1 is 0.283 bits per heavy atom. The fourth-order valence-electron chi connectivity index (χ4n) is 8.19. The van der Waals surface area contributed by atoms with Gasteiger partial charge in [0.15, 0.2) is 0 Å². The Balaban J connectivity index is 1.08. The van der Waals surface area contributed by atoms with E-state index in [0.29, 0.717) is 0 Å². The van der Waals surface area contributed by atoms with Crippen molar-refractivity contribution in [1.82, 2.24) is 0 Å². The Bertz CT molecular complexity index is 2350. The number of benzene rings is 7. The minimum atomic E-state index is -0.0897. The molecule has 0 atom stereocenters. The van der Waals surface area contributed by atoms with Crippen molar-refractivity contribution in [2.24, 2.45) is 0 Å². The Morgan fingerprint density at radius 2 is 0.630 bits per heavy atom. The lowest BCUT2D eigenvalue weighted by Gasteiger charge is -2.24. The molecule has 0 heteroatoms. The maximum atomic E-state index is 2.45. The van der Waals surface area contributed by atoms with Gasteiger partial charge in [0.2, 0.25) is 0 Å². The van der Waals surface area contributed by atoms with Crippen LogP contribution in [0.25, 0.3) is 66.4 Å². The van der Waals surface area contributed by atoms with Gasteiger partial charge in [0.05, 0.1) is 0 Å². The van der Waals surface area contributed by atoms with Crippen molar-refractivity contribution in [3.05, 3.63) is 168 Å². The highest BCUT2D eigenvalue weighted by atomic mass is 14.4. The van der Waals surface area contributed by atoms with E-state index in [0.717, 1.165) is 0 Å². The summed E-state index contributed by atoms with van der Waals surface area (Å²) in [5, 5.41) is 2.56. The van der Waals surface area contributed by atoms with E-state index in [-0.39, 0.29) is 10.8 Å². The molecule has 0 spiro atoms. The first-order valence-corrected chi connectivity index (χ1v) is 16.4. The second-order valence-electron chi connectivity index (χ2n) is 14.2. The highest BCUT2D eigenvalue weighted by Gasteiger charge is 2.37. The molecule has 0 aliphatic heterocycles. The van der Waals surface area contributed by atoms with Gasteiger partial charge in [-0.3, -0.25) is 0 Å². The summed E-state index contributed by atoms with van der Waals surface area (Å²) in [6.45, 7) is 9.54. The van der Waals surface area contributed by atoms with E-state index < -0.39 is 0 Å². The number of hydrogen-bond acceptors (Lipinski definition) is 0. The average molecular weight is 589 g/mol. The summed E-state index contributed by atoms with van der Waals surface area (Å²) in [7, 11) is 0. The van der Waals surface area contributed by atoms with Gasteiger partial charge in [0, 0.05) is 10.8 Å². The smallest absolute Gasteiger partial charge is 0.0159 e. The molecule has 7 aromatic carbocycles. The van der Waals surface area contributed by atoms with Crippen LogP contribution in [0.3, 0.4) is 0 Å². The molecular weight excluding hydrogens is 553 g/mol. The predicted molar refractivity (Wildman–Crippen MR) is 195 cm³/mol. The van der Waals surface area contributed by atoms with Crippen molar-refractivity contribution in [2.45, 2.75) is 38.5 Å². The first-order chi connectivity index (χ1) is 22.3. The van der Waals surface area contributed by atoms with Crippen LogP contribution >= 0.6 is 0 Å². The van der Waals surface area contributed by atoms with E-state index in [9.17, 15) is 0 Å².